The summed E-state index contributed by atoms with van der Waals surface area (Å²) in [5.74, 6) is -0.406. The lowest BCUT2D eigenvalue weighted by Gasteiger charge is -2.60. The molecule has 10 fully saturated rings. The first-order valence-corrected chi connectivity index (χ1v) is 28.5. The third-order valence-electron chi connectivity index (χ3n) is 20.7. The Morgan fingerprint density at radius 3 is 1.81 bits per heavy atom. The average molecular weight is 1100 g/mol. The van der Waals surface area contributed by atoms with E-state index in [1.165, 1.54) is 12.7 Å². The molecule has 11 rings (SSSR count). The molecule has 0 aromatic rings. The van der Waals surface area contributed by atoms with Crippen molar-refractivity contribution in [3.8, 4) is 0 Å². The molecule has 440 valence electrons. The van der Waals surface area contributed by atoms with Crippen molar-refractivity contribution in [2.24, 2.45) is 34.5 Å². The Kier molecular flexibility index (Phi) is 16.6. The molecule has 0 aromatic heterocycles. The zero-order valence-corrected chi connectivity index (χ0v) is 46.4. The fraction of sp³-hybridized carbons (Fsp3) is 0.964. The molecule has 22 heteroatoms. The summed E-state index contributed by atoms with van der Waals surface area (Å²) in [6, 6.07) is 0. The number of allylic oxidation sites excluding steroid dienone is 1. The summed E-state index contributed by atoms with van der Waals surface area (Å²) >= 11 is 0. The van der Waals surface area contributed by atoms with E-state index in [4.69, 9.17) is 75.8 Å². The minimum absolute atomic E-state index is 0.0520. The van der Waals surface area contributed by atoms with Crippen molar-refractivity contribution >= 4 is 0 Å². The van der Waals surface area contributed by atoms with Gasteiger partial charge in [0, 0.05) is 64.4 Å². The number of ether oxygens (including phenoxy) is 16. The number of rotatable bonds is 15. The summed E-state index contributed by atoms with van der Waals surface area (Å²) < 4.78 is 101. The largest absolute Gasteiger partial charge is 0.395 e. The van der Waals surface area contributed by atoms with Gasteiger partial charge < -0.3 is 106 Å². The third kappa shape index (κ3) is 9.47. The summed E-state index contributed by atoms with van der Waals surface area (Å²) in [4.78, 5) is 0. The second-order valence-corrected chi connectivity index (χ2v) is 24.6. The summed E-state index contributed by atoms with van der Waals surface area (Å²) in [7, 11) is 6.31. The molecule has 0 radical (unpaired) electrons. The van der Waals surface area contributed by atoms with E-state index in [1.807, 2.05) is 20.8 Å². The third-order valence-corrected chi connectivity index (χ3v) is 20.7. The molecule has 0 amide bonds. The van der Waals surface area contributed by atoms with Crippen LogP contribution in [0.3, 0.4) is 0 Å². The van der Waals surface area contributed by atoms with Crippen molar-refractivity contribution in [1.29, 1.82) is 0 Å². The van der Waals surface area contributed by atoms with E-state index in [0.717, 1.165) is 38.5 Å². The van der Waals surface area contributed by atoms with Crippen molar-refractivity contribution in [3.63, 3.8) is 0 Å². The van der Waals surface area contributed by atoms with E-state index < -0.39 is 135 Å². The molecule has 6 N–H and O–H groups in total. The molecule has 0 spiro atoms. The van der Waals surface area contributed by atoms with Crippen molar-refractivity contribution < 1.29 is 106 Å². The lowest BCUT2D eigenvalue weighted by atomic mass is 9.47. The molecule has 77 heavy (non-hydrogen) atoms. The van der Waals surface area contributed by atoms with Crippen LogP contribution in [0.5, 0.6) is 0 Å². The molecule has 8 aliphatic heterocycles. The monoisotopic (exact) mass is 1100 g/mol. The van der Waals surface area contributed by atoms with Gasteiger partial charge in [-0.2, -0.15) is 0 Å². The molecule has 8 heterocycles. The lowest BCUT2D eigenvalue weighted by Crippen LogP contribution is -2.65. The van der Waals surface area contributed by atoms with Crippen LogP contribution in [-0.4, -0.2) is 232 Å². The highest BCUT2D eigenvalue weighted by molar-refractivity contribution is 5.31. The predicted octanol–water partition coefficient (Wildman–Crippen LogP) is 1.57. The number of fused-ring (bicyclic) bond motifs is 3. The van der Waals surface area contributed by atoms with Crippen molar-refractivity contribution in [3.05, 3.63) is 11.6 Å². The van der Waals surface area contributed by atoms with Gasteiger partial charge in [-0.25, -0.2) is 0 Å². The molecule has 22 nitrogen and oxygen atoms in total. The zero-order valence-electron chi connectivity index (χ0n) is 46.4. The first-order chi connectivity index (χ1) is 36.8. The highest BCUT2D eigenvalue weighted by Crippen LogP contribution is 2.76. The van der Waals surface area contributed by atoms with E-state index >= 15 is 0 Å². The Bertz CT molecular complexity index is 2070. The summed E-state index contributed by atoms with van der Waals surface area (Å²) in [5.41, 5.74) is 0.931. The zero-order chi connectivity index (χ0) is 54.7. The number of methoxy groups -OCH3 is 4. The highest BCUT2D eigenvalue weighted by atomic mass is 16.8. The quantitative estimate of drug-likeness (QED) is 0.127. The van der Waals surface area contributed by atoms with Crippen molar-refractivity contribution in [2.75, 3.05) is 48.3 Å². The van der Waals surface area contributed by atoms with Crippen LogP contribution in [-0.2, 0) is 75.8 Å². The van der Waals surface area contributed by atoms with Crippen LogP contribution in [0.1, 0.15) is 99.3 Å². The Labute approximate surface area is 451 Å². The maximum Gasteiger partial charge on any atom is 0.187 e. The number of hydrogen-bond acceptors (Lipinski definition) is 22. The fourth-order valence-corrected chi connectivity index (χ4v) is 16.8. The minimum atomic E-state index is -1.66. The Hall–Kier alpha value is -1.14. The van der Waals surface area contributed by atoms with Gasteiger partial charge in [0.05, 0.1) is 80.7 Å². The summed E-state index contributed by atoms with van der Waals surface area (Å²) in [5, 5.41) is 63.8. The number of aliphatic hydroxyl groups is 6. The standard InChI is InChI=1S/C55H88O22/c1-24-44(33(62-7)18-32(67-24)28-13-16-54(23-57)29(17-28)11-12-31-30(54)14-15-52(5)49-37-22-66-53(49,6)77-55(31,52)76-37)72-38-19-34(63-8)45(25(2)68-38)73-39-20-35(64-9)46(26(3)69-39)74-51-43(61)48(65-10)47(27(4)70-51)75-50-42(60)41(59)40(58)36(21-56)71-50/h11,24-28,30-51,56-61H,12-23H2,1-10H3/t24-,25-,26+,27-,28+,30+,31-,32-,33+,34-,35-,36+,37-,38+,39-,40+,41-,42-,43+,44+,45-,46+,47+,48-,49+,50+,51+,52-,53-,54-,55-/m1/s1. The van der Waals surface area contributed by atoms with Gasteiger partial charge in [0.1, 0.15) is 61.0 Å². The van der Waals surface area contributed by atoms with E-state index in [-0.39, 0.29) is 71.9 Å². The smallest absolute Gasteiger partial charge is 0.187 e. The molecule has 0 aromatic carbocycles. The van der Waals surface area contributed by atoms with E-state index in [2.05, 4.69) is 19.9 Å². The van der Waals surface area contributed by atoms with Crippen LogP contribution in [0.4, 0.5) is 0 Å². The van der Waals surface area contributed by atoms with Crippen molar-refractivity contribution in [1.82, 2.24) is 0 Å². The molecular weight excluding hydrogens is 1010 g/mol. The van der Waals surface area contributed by atoms with Gasteiger partial charge in [-0.15, -0.1) is 0 Å². The average Bonchev–Trinajstić information content (AvgIpc) is 3.40. The van der Waals surface area contributed by atoms with Crippen LogP contribution in [0.15, 0.2) is 11.6 Å². The van der Waals surface area contributed by atoms with Crippen LogP contribution in [0.2, 0.25) is 0 Å². The molecule has 2 bridgehead atoms. The van der Waals surface area contributed by atoms with E-state index in [1.54, 1.807) is 28.3 Å². The van der Waals surface area contributed by atoms with Crippen LogP contribution < -0.4 is 0 Å². The van der Waals surface area contributed by atoms with Crippen molar-refractivity contribution in [2.45, 2.75) is 252 Å². The molecule has 8 saturated heterocycles. The Morgan fingerprint density at radius 1 is 0.597 bits per heavy atom. The SMILES string of the molecule is CO[C@@H]1[C@H](O)[C@H](O[C@H]2[C@H](C)O[C@H](O[C@@H]3[C@@H](C)O[C@@H](O[C@@H]4[C@@H](OC)C[C@H]([C@H]5CC[C@@]6(CO)C(=CC[C@@H]7[C@@H]6CC[C@]6(C)[C@@H]8[C@H]9CO[C@]8(C)O[C@]76O9)C5)O[C@@H]4C)C[C@H]3OC)C[C@H]2OC)O[C@H](C)[C@@H]1O[C@@H]1O[C@@H](CO)[C@H](O)[C@@H](O)[C@H]1O. The first kappa shape index (κ1) is 57.7. The number of aliphatic hydroxyl groups excluding tert-OH is 6. The lowest BCUT2D eigenvalue weighted by molar-refractivity contribution is -0.374. The van der Waals surface area contributed by atoms with Gasteiger partial charge in [-0.1, -0.05) is 18.6 Å². The molecular formula is C55H88O22. The van der Waals surface area contributed by atoms with Crippen LogP contribution >= 0.6 is 0 Å². The molecule has 0 unspecified atom stereocenters. The second kappa shape index (κ2) is 22.1. The van der Waals surface area contributed by atoms with Gasteiger partial charge in [-0.3, -0.25) is 0 Å². The predicted molar refractivity (Wildman–Crippen MR) is 264 cm³/mol. The summed E-state index contributed by atoms with van der Waals surface area (Å²) in [6.07, 6.45) is -9.42. The van der Waals surface area contributed by atoms with Gasteiger partial charge in [0.25, 0.3) is 0 Å². The fourth-order valence-electron chi connectivity index (χ4n) is 16.8. The van der Waals surface area contributed by atoms with Crippen LogP contribution in [0.25, 0.3) is 0 Å². The van der Waals surface area contributed by atoms with Gasteiger partial charge in [0.15, 0.2) is 36.7 Å². The molecule has 2 saturated carbocycles. The second-order valence-electron chi connectivity index (χ2n) is 24.6. The van der Waals surface area contributed by atoms with Gasteiger partial charge in [-0.05, 0) is 85.0 Å². The Morgan fingerprint density at radius 2 is 1.19 bits per heavy atom. The maximum absolute atomic E-state index is 11.5. The van der Waals surface area contributed by atoms with E-state index in [9.17, 15) is 30.6 Å². The first-order valence-electron chi connectivity index (χ1n) is 28.5. The van der Waals surface area contributed by atoms with Gasteiger partial charge in [0.2, 0.25) is 0 Å². The highest BCUT2D eigenvalue weighted by Gasteiger charge is 2.83. The maximum atomic E-state index is 11.5. The minimum Gasteiger partial charge on any atom is -0.395 e. The Balaban J connectivity index is 0.677. The van der Waals surface area contributed by atoms with Crippen LogP contribution in [0, 0.1) is 34.5 Å². The van der Waals surface area contributed by atoms with Gasteiger partial charge >= 0.3 is 0 Å². The summed E-state index contributed by atoms with van der Waals surface area (Å²) in [6.45, 7) is 12.0. The normalized spacial score (nSPS) is 56.3. The molecule has 31 atom stereocenters. The topological polar surface area (TPSA) is 269 Å². The molecule has 3 aliphatic carbocycles. The van der Waals surface area contributed by atoms with E-state index in [0.29, 0.717) is 19.4 Å². The number of hydrogen-bond donors (Lipinski definition) is 6. The molecule has 11 aliphatic rings.